The molecule has 1 unspecified atom stereocenters. The van der Waals surface area contributed by atoms with Crippen LogP contribution in [-0.4, -0.2) is 15.9 Å². The van der Waals surface area contributed by atoms with Crippen molar-refractivity contribution in [2.75, 3.05) is 7.11 Å². The first kappa shape index (κ1) is 8.23. The highest BCUT2D eigenvalue weighted by molar-refractivity contribution is 7.79. The van der Waals surface area contributed by atoms with Crippen LogP contribution in [0.3, 0.4) is 0 Å². The molecule has 3 nitrogen and oxygen atoms in total. The molecule has 11 heavy (non-hydrogen) atoms. The van der Waals surface area contributed by atoms with E-state index in [-0.39, 0.29) is 0 Å². The van der Waals surface area contributed by atoms with Gasteiger partial charge in [-0.25, -0.2) is 4.21 Å². The maximum absolute atomic E-state index is 10.6. The van der Waals surface area contributed by atoms with Crippen LogP contribution < -0.4 is 4.74 Å². The Morgan fingerprint density at radius 1 is 1.45 bits per heavy atom. The van der Waals surface area contributed by atoms with Crippen LogP contribution in [0.4, 0.5) is 0 Å². The van der Waals surface area contributed by atoms with Gasteiger partial charge in [-0.3, -0.25) is 0 Å². The van der Waals surface area contributed by atoms with Gasteiger partial charge in [-0.1, -0.05) is 12.1 Å². The first-order valence-corrected chi connectivity index (χ1v) is 4.10. The van der Waals surface area contributed by atoms with E-state index in [0.29, 0.717) is 10.6 Å². The minimum atomic E-state index is -1.97. The van der Waals surface area contributed by atoms with Crippen molar-refractivity contribution in [3.05, 3.63) is 24.3 Å². The van der Waals surface area contributed by atoms with Crippen LogP contribution >= 0.6 is 0 Å². The zero-order valence-electron chi connectivity index (χ0n) is 5.98. The first-order chi connectivity index (χ1) is 5.25. The molecule has 60 valence electrons. The minimum absolute atomic E-state index is 0.301. The van der Waals surface area contributed by atoms with Crippen molar-refractivity contribution < 1.29 is 13.5 Å². The predicted octanol–water partition coefficient (Wildman–Crippen LogP) is 1.28. The van der Waals surface area contributed by atoms with Crippen molar-refractivity contribution in [1.29, 1.82) is 0 Å². The third-order valence-electron chi connectivity index (χ3n) is 1.26. The fraction of sp³-hybridized carbons (Fsp3) is 0.143. The maximum Gasteiger partial charge on any atom is 0.190 e. The molecular weight excluding hydrogens is 164 g/mol. The van der Waals surface area contributed by atoms with Crippen molar-refractivity contribution in [3.8, 4) is 5.75 Å². The molecule has 1 aromatic carbocycles. The summed E-state index contributed by atoms with van der Waals surface area (Å²) in [5.74, 6) is 0.438. The molecule has 0 amide bonds. The largest absolute Gasteiger partial charge is 0.495 e. The van der Waals surface area contributed by atoms with E-state index in [1.54, 1.807) is 24.3 Å². The van der Waals surface area contributed by atoms with Gasteiger partial charge in [0.25, 0.3) is 0 Å². The van der Waals surface area contributed by atoms with Crippen LogP contribution in [0.2, 0.25) is 0 Å². The van der Waals surface area contributed by atoms with E-state index in [1.807, 2.05) is 0 Å². The van der Waals surface area contributed by atoms with E-state index >= 15 is 0 Å². The predicted molar refractivity (Wildman–Crippen MR) is 42.0 cm³/mol. The molecule has 1 N–H and O–H groups in total. The maximum atomic E-state index is 10.6. The normalized spacial score (nSPS) is 12.5. The summed E-state index contributed by atoms with van der Waals surface area (Å²) < 4.78 is 24.2. The molecule has 0 aromatic heterocycles. The summed E-state index contributed by atoms with van der Waals surface area (Å²) in [6.45, 7) is 0. The lowest BCUT2D eigenvalue weighted by Gasteiger charge is -2.02. The van der Waals surface area contributed by atoms with E-state index in [0.717, 1.165) is 0 Å². The van der Waals surface area contributed by atoms with Gasteiger partial charge in [0.2, 0.25) is 0 Å². The van der Waals surface area contributed by atoms with Crippen LogP contribution in [0, 0.1) is 0 Å². The summed E-state index contributed by atoms with van der Waals surface area (Å²) in [4.78, 5) is 0.301. The molecule has 1 rings (SSSR count). The Labute approximate surface area is 67.3 Å². The third-order valence-corrected chi connectivity index (χ3v) is 1.97. The average Bonchev–Trinajstić information content (AvgIpc) is 2.04. The molecule has 0 heterocycles. The van der Waals surface area contributed by atoms with Gasteiger partial charge >= 0.3 is 0 Å². The van der Waals surface area contributed by atoms with Crippen LogP contribution in [0.1, 0.15) is 0 Å². The molecule has 4 heteroatoms. The van der Waals surface area contributed by atoms with Gasteiger partial charge < -0.3 is 9.29 Å². The fourth-order valence-corrected chi connectivity index (χ4v) is 1.28. The summed E-state index contributed by atoms with van der Waals surface area (Å²) in [6.07, 6.45) is 0. The molecule has 0 spiro atoms. The lowest BCUT2D eigenvalue weighted by molar-refractivity contribution is 0.402. The second-order valence-electron chi connectivity index (χ2n) is 1.90. The van der Waals surface area contributed by atoms with Crippen molar-refractivity contribution >= 4 is 11.1 Å². The lowest BCUT2D eigenvalue weighted by atomic mass is 10.3. The molecule has 1 aromatic rings. The zero-order valence-corrected chi connectivity index (χ0v) is 6.80. The van der Waals surface area contributed by atoms with E-state index in [9.17, 15) is 4.21 Å². The zero-order chi connectivity index (χ0) is 8.27. The Morgan fingerprint density at radius 3 is 2.55 bits per heavy atom. The molecule has 0 bridgehead atoms. The van der Waals surface area contributed by atoms with E-state index in [4.69, 9.17) is 9.29 Å². The smallest absolute Gasteiger partial charge is 0.190 e. The van der Waals surface area contributed by atoms with Gasteiger partial charge in [0.15, 0.2) is 11.1 Å². The molecule has 0 saturated carbocycles. The number of hydrogen-bond acceptors (Lipinski definition) is 2. The lowest BCUT2D eigenvalue weighted by Crippen LogP contribution is -1.93. The van der Waals surface area contributed by atoms with Crippen molar-refractivity contribution in [3.63, 3.8) is 0 Å². The van der Waals surface area contributed by atoms with Crippen LogP contribution in [0.5, 0.6) is 5.75 Å². The van der Waals surface area contributed by atoms with Gasteiger partial charge in [-0.2, -0.15) is 0 Å². The van der Waals surface area contributed by atoms with Crippen molar-refractivity contribution in [2.45, 2.75) is 4.90 Å². The van der Waals surface area contributed by atoms with E-state index < -0.39 is 11.1 Å². The monoisotopic (exact) mass is 172 g/mol. The topological polar surface area (TPSA) is 46.5 Å². The molecule has 0 aliphatic carbocycles. The van der Waals surface area contributed by atoms with Crippen LogP contribution in [0.25, 0.3) is 0 Å². The Bertz CT molecular complexity index is 272. The summed E-state index contributed by atoms with van der Waals surface area (Å²) in [5.41, 5.74) is 0. The third kappa shape index (κ3) is 1.78. The van der Waals surface area contributed by atoms with Gasteiger partial charge in [-0.15, -0.1) is 0 Å². The number of rotatable bonds is 2. The number of benzene rings is 1. The van der Waals surface area contributed by atoms with Crippen LogP contribution in [0.15, 0.2) is 29.2 Å². The molecule has 0 saturated heterocycles. The highest BCUT2D eigenvalue weighted by Gasteiger charge is 2.05. The number of hydrogen-bond donors (Lipinski definition) is 1. The number of para-hydroxylation sites is 1. The molecular formula is C7H8O3S. The second-order valence-corrected chi connectivity index (χ2v) is 2.84. The minimum Gasteiger partial charge on any atom is -0.495 e. The summed E-state index contributed by atoms with van der Waals surface area (Å²) in [7, 11) is 1.46. The van der Waals surface area contributed by atoms with Gasteiger partial charge in [0.1, 0.15) is 10.6 Å². The van der Waals surface area contributed by atoms with Gasteiger partial charge in [0.05, 0.1) is 7.11 Å². The average molecular weight is 172 g/mol. The Kier molecular flexibility index (Phi) is 2.62. The van der Waals surface area contributed by atoms with Crippen molar-refractivity contribution in [2.24, 2.45) is 0 Å². The highest BCUT2D eigenvalue weighted by atomic mass is 32.2. The fourth-order valence-electron chi connectivity index (χ4n) is 0.763. The van der Waals surface area contributed by atoms with Crippen LogP contribution in [-0.2, 0) is 11.1 Å². The van der Waals surface area contributed by atoms with E-state index in [1.165, 1.54) is 7.11 Å². The van der Waals surface area contributed by atoms with Gasteiger partial charge in [-0.05, 0) is 12.1 Å². The molecule has 0 radical (unpaired) electrons. The summed E-state index contributed by atoms with van der Waals surface area (Å²) >= 11 is -1.97. The molecule has 0 aliphatic heterocycles. The van der Waals surface area contributed by atoms with E-state index in [2.05, 4.69) is 0 Å². The Hall–Kier alpha value is -0.870. The quantitative estimate of drug-likeness (QED) is 0.683. The first-order valence-electron chi connectivity index (χ1n) is 2.99. The number of ether oxygens (including phenoxy) is 1. The van der Waals surface area contributed by atoms with Crippen molar-refractivity contribution in [1.82, 2.24) is 0 Å². The summed E-state index contributed by atoms with van der Waals surface area (Å²) in [6, 6.07) is 6.62. The second kappa shape index (κ2) is 3.50. The standard InChI is InChI=1S/C7H8O3S/c1-10-6-4-2-3-5-7(6)11(8)9/h2-5H,1H3,(H,8,9). The SMILES string of the molecule is COc1ccccc1S(=O)O. The van der Waals surface area contributed by atoms with Gasteiger partial charge in [0, 0.05) is 0 Å². The Balaban J connectivity index is 3.12. The Morgan fingerprint density at radius 2 is 2.09 bits per heavy atom. The number of methoxy groups -OCH3 is 1. The molecule has 1 atom stereocenters. The molecule has 0 aliphatic rings. The summed E-state index contributed by atoms with van der Waals surface area (Å²) in [5, 5.41) is 0. The molecule has 0 fully saturated rings. The highest BCUT2D eigenvalue weighted by Crippen LogP contribution is 2.19.